The van der Waals surface area contributed by atoms with E-state index in [1.54, 1.807) is 24.4 Å². The van der Waals surface area contributed by atoms with Crippen LogP contribution in [-0.4, -0.2) is 17.8 Å². The van der Waals surface area contributed by atoms with E-state index in [1.165, 1.54) is 10.5 Å². The van der Waals surface area contributed by atoms with Gasteiger partial charge in [-0.15, -0.1) is 0 Å². The van der Waals surface area contributed by atoms with Crippen molar-refractivity contribution in [2.24, 2.45) is 0 Å². The Balaban J connectivity index is 1.70. The third-order valence-electron chi connectivity index (χ3n) is 4.77. The highest BCUT2D eigenvalue weighted by Crippen LogP contribution is 2.39. The highest BCUT2D eigenvalue weighted by Gasteiger charge is 2.34. The molecule has 2 heterocycles. The lowest BCUT2D eigenvalue weighted by molar-refractivity contribution is 0.579. The second kappa shape index (κ2) is 6.21. The standard InChI is InChI=1S/C19H17ClN2O3S/c1-12-2-7-18-21-15(9-19(23)22(18)10-12)11-26(24,25)17-6-3-13-8-14(20)4-5-16(13)17/h2,4-5,7-10,17H,3,6,11H2,1H3. The molecule has 4 rings (SSSR count). The molecule has 0 radical (unpaired) electrons. The van der Waals surface area contributed by atoms with Crippen LogP contribution in [0.1, 0.15) is 34.1 Å². The molecule has 2 aromatic heterocycles. The Kier molecular flexibility index (Phi) is 4.12. The van der Waals surface area contributed by atoms with Crippen molar-refractivity contribution in [3.63, 3.8) is 0 Å². The summed E-state index contributed by atoms with van der Waals surface area (Å²) in [5, 5.41) is 0.0364. The quantitative estimate of drug-likeness (QED) is 0.690. The lowest BCUT2D eigenvalue weighted by atomic mass is 10.1. The normalized spacial score (nSPS) is 16.8. The predicted molar refractivity (Wildman–Crippen MR) is 101 cm³/mol. The van der Waals surface area contributed by atoms with Gasteiger partial charge < -0.3 is 0 Å². The molecule has 5 nitrogen and oxygen atoms in total. The zero-order chi connectivity index (χ0) is 18.5. The minimum atomic E-state index is -3.49. The highest BCUT2D eigenvalue weighted by molar-refractivity contribution is 7.90. The van der Waals surface area contributed by atoms with Crippen LogP contribution in [0.5, 0.6) is 0 Å². The second-order valence-electron chi connectivity index (χ2n) is 6.70. The van der Waals surface area contributed by atoms with Gasteiger partial charge >= 0.3 is 0 Å². The fourth-order valence-electron chi connectivity index (χ4n) is 3.56. The van der Waals surface area contributed by atoms with E-state index in [0.29, 0.717) is 23.5 Å². The van der Waals surface area contributed by atoms with Crippen molar-refractivity contribution in [2.75, 3.05) is 0 Å². The molecule has 26 heavy (non-hydrogen) atoms. The first kappa shape index (κ1) is 17.2. The van der Waals surface area contributed by atoms with E-state index in [4.69, 9.17) is 11.6 Å². The Morgan fingerprint density at radius 1 is 1.23 bits per heavy atom. The van der Waals surface area contributed by atoms with Crippen molar-refractivity contribution in [1.29, 1.82) is 0 Å². The average Bonchev–Trinajstić information content (AvgIpc) is 2.99. The van der Waals surface area contributed by atoms with Gasteiger partial charge in [-0.05, 0) is 54.7 Å². The number of nitrogens with zero attached hydrogens (tertiary/aromatic N) is 2. The number of aryl methyl sites for hydroxylation is 2. The third kappa shape index (κ3) is 3.04. The summed E-state index contributed by atoms with van der Waals surface area (Å²) in [4.78, 5) is 16.7. The van der Waals surface area contributed by atoms with Gasteiger partial charge in [0.05, 0.1) is 16.7 Å². The molecule has 7 heteroatoms. The molecule has 1 unspecified atom stereocenters. The number of pyridine rings is 1. The summed E-state index contributed by atoms with van der Waals surface area (Å²) in [6.45, 7) is 1.88. The summed E-state index contributed by atoms with van der Waals surface area (Å²) >= 11 is 6.00. The number of benzene rings is 1. The van der Waals surface area contributed by atoms with Crippen molar-refractivity contribution in [1.82, 2.24) is 9.38 Å². The van der Waals surface area contributed by atoms with Gasteiger partial charge in [0.15, 0.2) is 9.84 Å². The highest BCUT2D eigenvalue weighted by atomic mass is 35.5. The van der Waals surface area contributed by atoms with E-state index in [2.05, 4.69) is 4.98 Å². The molecule has 1 aliphatic rings. The van der Waals surface area contributed by atoms with Crippen LogP contribution >= 0.6 is 11.6 Å². The van der Waals surface area contributed by atoms with Crippen LogP contribution in [0, 0.1) is 6.92 Å². The van der Waals surface area contributed by atoms with E-state index in [-0.39, 0.29) is 17.0 Å². The zero-order valence-electron chi connectivity index (χ0n) is 14.1. The van der Waals surface area contributed by atoms with Crippen LogP contribution in [0.25, 0.3) is 5.65 Å². The van der Waals surface area contributed by atoms with Crippen LogP contribution in [0.3, 0.4) is 0 Å². The Morgan fingerprint density at radius 3 is 2.85 bits per heavy atom. The molecule has 0 aliphatic heterocycles. The molecule has 0 spiro atoms. The first-order valence-corrected chi connectivity index (χ1v) is 10.4. The Morgan fingerprint density at radius 2 is 2.04 bits per heavy atom. The monoisotopic (exact) mass is 388 g/mol. The maximum absolute atomic E-state index is 13.0. The smallest absolute Gasteiger partial charge is 0.258 e. The van der Waals surface area contributed by atoms with E-state index in [1.807, 2.05) is 19.1 Å². The SMILES string of the molecule is Cc1ccc2nc(CS(=O)(=O)C3CCc4cc(Cl)ccc43)cc(=O)n2c1. The summed E-state index contributed by atoms with van der Waals surface area (Å²) in [5.41, 5.74) is 3.18. The van der Waals surface area contributed by atoms with Crippen molar-refractivity contribution in [2.45, 2.75) is 30.8 Å². The summed E-state index contributed by atoms with van der Waals surface area (Å²) in [6.07, 6.45) is 2.91. The van der Waals surface area contributed by atoms with Gasteiger partial charge in [-0.3, -0.25) is 9.20 Å². The molecule has 1 aliphatic carbocycles. The number of halogens is 1. The molecule has 0 bridgehead atoms. The molecule has 3 aromatic rings. The van der Waals surface area contributed by atoms with Crippen LogP contribution in [0.15, 0.2) is 47.4 Å². The van der Waals surface area contributed by atoms with Gasteiger partial charge in [0.25, 0.3) is 5.56 Å². The number of aromatic nitrogens is 2. The van der Waals surface area contributed by atoms with Crippen molar-refractivity contribution < 1.29 is 8.42 Å². The minimum Gasteiger partial charge on any atom is -0.269 e. The molecule has 0 saturated carbocycles. The Bertz CT molecular complexity index is 1190. The molecule has 0 saturated heterocycles. The summed E-state index contributed by atoms with van der Waals surface area (Å²) < 4.78 is 27.4. The minimum absolute atomic E-state index is 0.251. The molecular weight excluding hydrogens is 372 g/mol. The van der Waals surface area contributed by atoms with Gasteiger partial charge in [-0.2, -0.15) is 0 Å². The predicted octanol–water partition coefficient (Wildman–Crippen LogP) is 3.26. The number of hydrogen-bond donors (Lipinski definition) is 0. The molecule has 0 N–H and O–H groups in total. The molecule has 0 fully saturated rings. The van der Waals surface area contributed by atoms with Gasteiger partial charge in [-0.1, -0.05) is 23.7 Å². The maximum Gasteiger partial charge on any atom is 0.258 e. The maximum atomic E-state index is 13.0. The number of rotatable bonds is 3. The van der Waals surface area contributed by atoms with Crippen LogP contribution < -0.4 is 5.56 Å². The molecule has 1 aromatic carbocycles. The van der Waals surface area contributed by atoms with Gasteiger partial charge in [0.1, 0.15) is 5.65 Å². The largest absolute Gasteiger partial charge is 0.269 e. The van der Waals surface area contributed by atoms with Crippen LogP contribution in [0.4, 0.5) is 0 Å². The van der Waals surface area contributed by atoms with Gasteiger partial charge in [0, 0.05) is 17.3 Å². The van der Waals surface area contributed by atoms with E-state index in [9.17, 15) is 13.2 Å². The average molecular weight is 389 g/mol. The molecule has 134 valence electrons. The van der Waals surface area contributed by atoms with Crippen molar-refractivity contribution in [3.8, 4) is 0 Å². The number of fused-ring (bicyclic) bond motifs is 2. The number of sulfone groups is 1. The third-order valence-corrected chi connectivity index (χ3v) is 7.06. The lowest BCUT2D eigenvalue weighted by Crippen LogP contribution is -2.19. The fraction of sp³-hybridized carbons (Fsp3) is 0.263. The second-order valence-corrected chi connectivity index (χ2v) is 9.32. The Hall–Kier alpha value is -2.18. The molecule has 1 atom stereocenters. The van der Waals surface area contributed by atoms with Crippen LogP contribution in [-0.2, 0) is 22.0 Å². The van der Waals surface area contributed by atoms with E-state index in [0.717, 1.165) is 16.7 Å². The number of hydrogen-bond acceptors (Lipinski definition) is 4. The van der Waals surface area contributed by atoms with Gasteiger partial charge in [-0.25, -0.2) is 13.4 Å². The first-order valence-electron chi connectivity index (χ1n) is 8.32. The summed E-state index contributed by atoms with van der Waals surface area (Å²) in [7, 11) is -3.49. The van der Waals surface area contributed by atoms with E-state index < -0.39 is 15.1 Å². The fourth-order valence-corrected chi connectivity index (χ4v) is 5.61. The van der Waals surface area contributed by atoms with Crippen molar-refractivity contribution >= 4 is 27.1 Å². The zero-order valence-corrected chi connectivity index (χ0v) is 15.7. The molecular formula is C19H17ClN2O3S. The van der Waals surface area contributed by atoms with Crippen molar-refractivity contribution in [3.05, 3.63) is 80.4 Å². The first-order chi connectivity index (χ1) is 12.3. The lowest BCUT2D eigenvalue weighted by Gasteiger charge is -2.13. The molecule has 0 amide bonds. The van der Waals surface area contributed by atoms with Gasteiger partial charge in [0.2, 0.25) is 0 Å². The summed E-state index contributed by atoms with van der Waals surface area (Å²) in [6, 6.07) is 10.2. The summed E-state index contributed by atoms with van der Waals surface area (Å²) in [5.74, 6) is -0.251. The topological polar surface area (TPSA) is 68.5 Å². The Labute approximate surface area is 156 Å². The van der Waals surface area contributed by atoms with Crippen LogP contribution in [0.2, 0.25) is 5.02 Å². The van der Waals surface area contributed by atoms with E-state index >= 15 is 0 Å².